The van der Waals surface area contributed by atoms with Crippen LogP contribution in [0.3, 0.4) is 0 Å². The highest BCUT2D eigenvalue weighted by Gasteiger charge is 2.39. The molecule has 0 bridgehead atoms. The Morgan fingerprint density at radius 2 is 1.96 bits per heavy atom. The van der Waals surface area contributed by atoms with Gasteiger partial charge in [0.1, 0.15) is 10.4 Å². The summed E-state index contributed by atoms with van der Waals surface area (Å²) in [5.74, 6) is -0.309. The molecule has 132 valence electrons. The van der Waals surface area contributed by atoms with Gasteiger partial charge in [0.05, 0.1) is 18.1 Å². The largest absolute Gasteiger partial charge is 0.378 e. The summed E-state index contributed by atoms with van der Waals surface area (Å²) in [5.41, 5.74) is 0.913. The van der Waals surface area contributed by atoms with Gasteiger partial charge in [-0.15, -0.1) is 0 Å². The van der Waals surface area contributed by atoms with Gasteiger partial charge in [-0.1, -0.05) is 52.0 Å². The fourth-order valence-electron chi connectivity index (χ4n) is 2.68. The van der Waals surface area contributed by atoms with Gasteiger partial charge in [0.2, 0.25) is 5.91 Å². The molecule has 2 heterocycles. The number of nitrogens with zero attached hydrogens (tertiary/aromatic N) is 2. The lowest BCUT2D eigenvalue weighted by Gasteiger charge is -2.32. The third-order valence-corrected chi connectivity index (χ3v) is 5.92. The van der Waals surface area contributed by atoms with Gasteiger partial charge >= 0.3 is 0 Å². The predicted molar refractivity (Wildman–Crippen MR) is 106 cm³/mol. The molecule has 1 atom stereocenters. The Labute approximate surface area is 164 Å². The summed E-state index contributed by atoms with van der Waals surface area (Å²) in [7, 11) is 0. The van der Waals surface area contributed by atoms with Crippen LogP contribution in [0.2, 0.25) is 0 Å². The van der Waals surface area contributed by atoms with Crippen molar-refractivity contribution in [3.05, 3.63) is 39.2 Å². The number of rotatable bonds is 3. The lowest BCUT2D eigenvalue weighted by Crippen LogP contribution is -2.51. The SMILES string of the molecule is C[C@@H](C(=O)N1CCOCC1)N1C(=O)/C(=C/c2ccc(Br)cc2)SC1=S. The van der Waals surface area contributed by atoms with Crippen LogP contribution in [0.15, 0.2) is 33.6 Å². The second kappa shape index (κ2) is 7.99. The van der Waals surface area contributed by atoms with Crippen LogP contribution in [-0.2, 0) is 14.3 Å². The zero-order valence-corrected chi connectivity index (χ0v) is 16.8. The molecule has 2 aliphatic heterocycles. The number of ether oxygens (including phenoxy) is 1. The molecule has 2 aliphatic rings. The molecule has 0 unspecified atom stereocenters. The second-order valence-corrected chi connectivity index (χ2v) is 8.31. The van der Waals surface area contributed by atoms with E-state index in [0.29, 0.717) is 35.5 Å². The van der Waals surface area contributed by atoms with Gasteiger partial charge in [0, 0.05) is 17.6 Å². The molecule has 0 saturated carbocycles. The van der Waals surface area contributed by atoms with Crippen LogP contribution < -0.4 is 0 Å². The van der Waals surface area contributed by atoms with Crippen LogP contribution in [0, 0.1) is 0 Å². The van der Waals surface area contributed by atoms with E-state index in [1.54, 1.807) is 17.9 Å². The zero-order valence-electron chi connectivity index (χ0n) is 13.6. The lowest BCUT2D eigenvalue weighted by molar-refractivity contribution is -0.142. The van der Waals surface area contributed by atoms with E-state index in [-0.39, 0.29) is 11.8 Å². The first-order chi connectivity index (χ1) is 12.0. The molecule has 8 heteroatoms. The number of benzene rings is 1. The highest BCUT2D eigenvalue weighted by Crippen LogP contribution is 2.34. The maximum absolute atomic E-state index is 12.8. The predicted octanol–water partition coefficient (Wildman–Crippen LogP) is 2.90. The fraction of sp³-hybridized carbons (Fsp3) is 0.353. The Kier molecular flexibility index (Phi) is 5.93. The van der Waals surface area contributed by atoms with E-state index in [0.717, 1.165) is 10.0 Å². The van der Waals surface area contributed by atoms with Crippen molar-refractivity contribution in [2.75, 3.05) is 26.3 Å². The van der Waals surface area contributed by atoms with Gasteiger partial charge in [0.15, 0.2) is 0 Å². The van der Waals surface area contributed by atoms with E-state index in [2.05, 4.69) is 15.9 Å². The van der Waals surface area contributed by atoms with Crippen LogP contribution in [0.5, 0.6) is 0 Å². The van der Waals surface area contributed by atoms with Crippen LogP contribution in [0.1, 0.15) is 12.5 Å². The van der Waals surface area contributed by atoms with Crippen molar-refractivity contribution >= 4 is 62.1 Å². The molecule has 1 aromatic rings. The monoisotopic (exact) mass is 440 g/mol. The van der Waals surface area contributed by atoms with Crippen LogP contribution in [0.25, 0.3) is 6.08 Å². The van der Waals surface area contributed by atoms with Crippen molar-refractivity contribution in [1.82, 2.24) is 9.80 Å². The van der Waals surface area contributed by atoms with Crippen LogP contribution in [-0.4, -0.2) is 58.3 Å². The number of hydrogen-bond acceptors (Lipinski definition) is 5. The van der Waals surface area contributed by atoms with E-state index in [1.807, 2.05) is 24.3 Å². The number of thioether (sulfide) groups is 1. The minimum absolute atomic E-state index is 0.0931. The van der Waals surface area contributed by atoms with Crippen molar-refractivity contribution in [2.45, 2.75) is 13.0 Å². The van der Waals surface area contributed by atoms with Crippen molar-refractivity contribution in [2.24, 2.45) is 0 Å². The topological polar surface area (TPSA) is 49.9 Å². The van der Waals surface area contributed by atoms with Crippen molar-refractivity contribution < 1.29 is 14.3 Å². The van der Waals surface area contributed by atoms with Gasteiger partial charge in [-0.25, -0.2) is 0 Å². The summed E-state index contributed by atoms with van der Waals surface area (Å²) in [5, 5.41) is 0. The maximum atomic E-state index is 12.8. The molecule has 5 nitrogen and oxygen atoms in total. The van der Waals surface area contributed by atoms with E-state index in [1.165, 1.54) is 16.7 Å². The van der Waals surface area contributed by atoms with Crippen molar-refractivity contribution in [3.63, 3.8) is 0 Å². The third-order valence-electron chi connectivity index (χ3n) is 4.06. The summed E-state index contributed by atoms with van der Waals surface area (Å²) in [6, 6.07) is 7.05. The minimum Gasteiger partial charge on any atom is -0.378 e. The summed E-state index contributed by atoms with van der Waals surface area (Å²) in [6.07, 6.45) is 1.80. The number of carbonyl (C=O) groups is 2. The van der Waals surface area contributed by atoms with Gasteiger partial charge in [0.25, 0.3) is 5.91 Å². The molecule has 2 saturated heterocycles. The summed E-state index contributed by atoms with van der Waals surface area (Å²) >= 11 is 9.98. The number of thiocarbonyl (C=S) groups is 1. The van der Waals surface area contributed by atoms with E-state index >= 15 is 0 Å². The molecule has 0 radical (unpaired) electrons. The first-order valence-corrected chi connectivity index (χ1v) is 9.88. The van der Waals surface area contributed by atoms with Gasteiger partial charge in [-0.05, 0) is 30.7 Å². The fourth-order valence-corrected chi connectivity index (χ4v) is 4.37. The Balaban J connectivity index is 1.76. The van der Waals surface area contributed by atoms with Gasteiger partial charge < -0.3 is 9.64 Å². The van der Waals surface area contributed by atoms with Gasteiger partial charge in [-0.2, -0.15) is 0 Å². The smallest absolute Gasteiger partial charge is 0.266 e. The van der Waals surface area contributed by atoms with Crippen LogP contribution >= 0.6 is 39.9 Å². The Hall–Kier alpha value is -1.22. The molecule has 2 amide bonds. The van der Waals surface area contributed by atoms with Gasteiger partial charge in [-0.3, -0.25) is 14.5 Å². The standard InChI is InChI=1S/C17H17BrN2O3S2/c1-11(15(21)19-6-8-23-9-7-19)20-16(22)14(25-17(20)24)10-12-2-4-13(18)5-3-12/h2-5,10-11H,6-9H2,1H3/b14-10-/t11-/m0/s1. The minimum atomic E-state index is -0.610. The van der Waals surface area contributed by atoms with E-state index in [4.69, 9.17) is 17.0 Å². The van der Waals surface area contributed by atoms with E-state index < -0.39 is 6.04 Å². The average molecular weight is 441 g/mol. The number of amides is 2. The normalized spacial score (nSPS) is 21.1. The van der Waals surface area contributed by atoms with Crippen molar-refractivity contribution in [1.29, 1.82) is 0 Å². The maximum Gasteiger partial charge on any atom is 0.266 e. The van der Waals surface area contributed by atoms with Crippen LogP contribution in [0.4, 0.5) is 0 Å². The lowest BCUT2D eigenvalue weighted by atomic mass is 10.2. The molecule has 1 aromatic carbocycles. The number of morpholine rings is 1. The first kappa shape index (κ1) is 18.6. The number of halogens is 1. The summed E-state index contributed by atoms with van der Waals surface area (Å²) in [4.78, 5) is 29.1. The Bertz CT molecular complexity index is 730. The zero-order chi connectivity index (χ0) is 18.0. The average Bonchev–Trinajstić information content (AvgIpc) is 2.90. The molecular formula is C17H17BrN2O3S2. The molecule has 0 aromatic heterocycles. The Morgan fingerprint density at radius 1 is 1.32 bits per heavy atom. The molecular weight excluding hydrogens is 424 g/mol. The molecule has 0 aliphatic carbocycles. The highest BCUT2D eigenvalue weighted by atomic mass is 79.9. The second-order valence-electron chi connectivity index (χ2n) is 5.72. The van der Waals surface area contributed by atoms with Crippen molar-refractivity contribution in [3.8, 4) is 0 Å². The molecule has 3 rings (SSSR count). The number of hydrogen-bond donors (Lipinski definition) is 0. The third kappa shape index (κ3) is 4.13. The Morgan fingerprint density at radius 3 is 2.60 bits per heavy atom. The molecule has 2 fully saturated rings. The molecule has 25 heavy (non-hydrogen) atoms. The quantitative estimate of drug-likeness (QED) is 0.534. The van der Waals surface area contributed by atoms with E-state index in [9.17, 15) is 9.59 Å². The molecule has 0 spiro atoms. The molecule has 0 N–H and O–H groups in total. The summed E-state index contributed by atoms with van der Waals surface area (Å²) in [6.45, 7) is 3.88. The first-order valence-electron chi connectivity index (χ1n) is 7.86. The summed E-state index contributed by atoms with van der Waals surface area (Å²) < 4.78 is 6.67. The number of carbonyl (C=O) groups excluding carboxylic acids is 2. The highest BCUT2D eigenvalue weighted by molar-refractivity contribution is 9.10.